The number of carbonyl (C=O) groups excluding carboxylic acids is 1. The Balaban J connectivity index is 2.42. The molecular weight excluding hydrogens is 394 g/mol. The number of hydrogen-bond acceptors (Lipinski definition) is 2. The predicted molar refractivity (Wildman–Crippen MR) is 91.9 cm³/mol. The van der Waals surface area contributed by atoms with Crippen LogP contribution in [0.25, 0.3) is 6.08 Å². The summed E-state index contributed by atoms with van der Waals surface area (Å²) in [5, 5.41) is 0. The van der Waals surface area contributed by atoms with E-state index in [1.807, 2.05) is 6.92 Å². The zero-order valence-electron chi connectivity index (χ0n) is 14.6. The molecule has 0 bridgehead atoms. The predicted octanol–water partition coefficient (Wildman–Crippen LogP) is 7.11. The number of benzene rings is 1. The van der Waals surface area contributed by atoms with E-state index in [0.717, 1.165) is 25.3 Å². The third-order valence-electron chi connectivity index (χ3n) is 4.20. The lowest BCUT2D eigenvalue weighted by molar-refractivity contribution is -0.189. The van der Waals surface area contributed by atoms with Crippen LogP contribution in [-0.4, -0.2) is 17.7 Å². The van der Waals surface area contributed by atoms with E-state index < -0.39 is 32.9 Å². The molecule has 0 aliphatic carbocycles. The average molecular weight is 414 g/mol. The SMILES string of the molecule is CCCCCCCC1=Cc2ccccc2S1(OC(=O)C(F)(F)F)C(F)(F)F. The lowest BCUT2D eigenvalue weighted by Gasteiger charge is -2.39. The average Bonchev–Trinajstić information content (AvgIpc) is 2.88. The van der Waals surface area contributed by atoms with Crippen molar-refractivity contribution < 1.29 is 35.3 Å². The molecule has 0 saturated heterocycles. The summed E-state index contributed by atoms with van der Waals surface area (Å²) in [6.45, 7) is 1.99. The van der Waals surface area contributed by atoms with E-state index in [1.54, 1.807) is 0 Å². The first-order chi connectivity index (χ1) is 12.5. The first kappa shape index (κ1) is 21.7. The van der Waals surface area contributed by atoms with Gasteiger partial charge in [-0.3, -0.25) is 0 Å². The first-order valence-corrected chi connectivity index (χ1v) is 10.1. The number of rotatable bonds is 7. The number of fused-ring (bicyclic) bond motifs is 1. The molecule has 1 unspecified atom stereocenters. The van der Waals surface area contributed by atoms with Gasteiger partial charge in [-0.25, -0.2) is 4.79 Å². The van der Waals surface area contributed by atoms with Crippen molar-refractivity contribution in [2.24, 2.45) is 0 Å². The Morgan fingerprint density at radius 1 is 1.00 bits per heavy atom. The van der Waals surface area contributed by atoms with Crippen LogP contribution in [0.4, 0.5) is 26.3 Å². The molecule has 2 nitrogen and oxygen atoms in total. The lowest BCUT2D eigenvalue weighted by Crippen LogP contribution is -2.32. The molecule has 152 valence electrons. The van der Waals surface area contributed by atoms with Crippen LogP contribution in [0.5, 0.6) is 0 Å². The van der Waals surface area contributed by atoms with Crippen molar-refractivity contribution >= 4 is 22.4 Å². The normalized spacial score (nSPS) is 22.0. The van der Waals surface area contributed by atoms with Gasteiger partial charge in [0.1, 0.15) is 0 Å². The Labute approximate surface area is 155 Å². The molecule has 1 aromatic carbocycles. The van der Waals surface area contributed by atoms with Crippen molar-refractivity contribution in [2.45, 2.75) is 62.0 Å². The van der Waals surface area contributed by atoms with Crippen molar-refractivity contribution in [1.29, 1.82) is 0 Å². The minimum atomic E-state index is -5.50. The van der Waals surface area contributed by atoms with Crippen molar-refractivity contribution in [3.8, 4) is 0 Å². The molecule has 1 aromatic rings. The van der Waals surface area contributed by atoms with Gasteiger partial charge in [0.15, 0.2) is 0 Å². The summed E-state index contributed by atoms with van der Waals surface area (Å²) >= 11 is 0. The van der Waals surface area contributed by atoms with Gasteiger partial charge in [0.05, 0.1) is 10.3 Å². The molecule has 1 aliphatic heterocycles. The Bertz CT molecular complexity index is 711. The molecule has 1 atom stereocenters. The summed E-state index contributed by atoms with van der Waals surface area (Å²) in [6, 6.07) is 5.26. The highest BCUT2D eigenvalue weighted by molar-refractivity contribution is 8.34. The molecule has 1 heterocycles. The van der Waals surface area contributed by atoms with Crippen molar-refractivity contribution in [3.63, 3.8) is 0 Å². The summed E-state index contributed by atoms with van der Waals surface area (Å²) < 4.78 is 84.6. The minimum Gasteiger partial charge on any atom is -0.392 e. The highest BCUT2D eigenvalue weighted by atomic mass is 32.3. The van der Waals surface area contributed by atoms with Crippen LogP contribution >= 0.6 is 10.3 Å². The maximum atomic E-state index is 14.1. The van der Waals surface area contributed by atoms with Gasteiger partial charge in [-0.15, -0.1) is 0 Å². The summed E-state index contributed by atoms with van der Waals surface area (Å²) in [6.07, 6.45) is -0.604. The van der Waals surface area contributed by atoms with E-state index in [0.29, 0.717) is 12.8 Å². The van der Waals surface area contributed by atoms with Gasteiger partial charge in [0, 0.05) is 9.80 Å². The molecule has 0 radical (unpaired) electrons. The number of halogens is 6. The van der Waals surface area contributed by atoms with E-state index in [2.05, 4.69) is 4.18 Å². The quantitative estimate of drug-likeness (QED) is 0.351. The second kappa shape index (κ2) is 8.16. The molecule has 0 saturated carbocycles. The van der Waals surface area contributed by atoms with Crippen LogP contribution in [0.3, 0.4) is 0 Å². The second-order valence-corrected chi connectivity index (χ2v) is 8.89. The fraction of sp³-hybridized carbons (Fsp3) is 0.500. The van der Waals surface area contributed by atoms with E-state index in [1.165, 1.54) is 24.3 Å². The number of carbonyl (C=O) groups is 1. The monoisotopic (exact) mass is 414 g/mol. The van der Waals surface area contributed by atoms with Crippen LogP contribution < -0.4 is 0 Å². The van der Waals surface area contributed by atoms with Crippen LogP contribution in [0.2, 0.25) is 0 Å². The highest BCUT2D eigenvalue weighted by Gasteiger charge is 2.62. The Morgan fingerprint density at radius 3 is 2.22 bits per heavy atom. The van der Waals surface area contributed by atoms with E-state index >= 15 is 0 Å². The maximum Gasteiger partial charge on any atom is 0.491 e. The van der Waals surface area contributed by atoms with Crippen LogP contribution in [-0.2, 0) is 8.98 Å². The van der Waals surface area contributed by atoms with Crippen molar-refractivity contribution in [1.82, 2.24) is 0 Å². The fourth-order valence-electron chi connectivity index (χ4n) is 2.96. The number of alkyl halides is 6. The molecule has 1 aliphatic rings. The Hall–Kier alpha value is -1.64. The van der Waals surface area contributed by atoms with E-state index in [-0.39, 0.29) is 16.9 Å². The number of hydrogen-bond donors (Lipinski definition) is 0. The van der Waals surface area contributed by atoms with E-state index in [4.69, 9.17) is 0 Å². The molecule has 0 amide bonds. The molecule has 27 heavy (non-hydrogen) atoms. The second-order valence-electron chi connectivity index (χ2n) is 6.18. The molecule has 9 heteroatoms. The number of unbranched alkanes of at least 4 members (excludes halogenated alkanes) is 4. The molecule has 0 N–H and O–H groups in total. The third-order valence-corrected chi connectivity index (χ3v) is 7.30. The Morgan fingerprint density at radius 2 is 1.63 bits per heavy atom. The van der Waals surface area contributed by atoms with Crippen LogP contribution in [0, 0.1) is 0 Å². The Kier molecular flexibility index (Phi) is 6.55. The number of allylic oxidation sites excluding steroid dienone is 1. The summed E-state index contributed by atoms with van der Waals surface area (Å²) in [5.41, 5.74) is -5.00. The van der Waals surface area contributed by atoms with Gasteiger partial charge >= 0.3 is 17.7 Å². The molecule has 0 fully saturated rings. The molecule has 0 aromatic heterocycles. The fourth-order valence-corrected chi connectivity index (χ4v) is 5.85. The van der Waals surface area contributed by atoms with Crippen molar-refractivity contribution in [3.05, 3.63) is 34.7 Å². The lowest BCUT2D eigenvalue weighted by atomic mass is 10.1. The third kappa shape index (κ3) is 4.44. The zero-order valence-corrected chi connectivity index (χ0v) is 15.4. The topological polar surface area (TPSA) is 26.3 Å². The zero-order chi connectivity index (χ0) is 20.3. The summed E-state index contributed by atoms with van der Waals surface area (Å²) in [7, 11) is -4.56. The van der Waals surface area contributed by atoms with E-state index in [9.17, 15) is 31.1 Å². The summed E-state index contributed by atoms with van der Waals surface area (Å²) in [4.78, 5) is 10.7. The largest absolute Gasteiger partial charge is 0.491 e. The van der Waals surface area contributed by atoms with Crippen molar-refractivity contribution in [2.75, 3.05) is 0 Å². The first-order valence-electron chi connectivity index (χ1n) is 8.54. The standard InChI is InChI=1S/C18H20F6O2S/c1-2-3-4-5-6-10-14-12-13-9-7-8-11-15(13)27(14,18(22,23)24)26-16(25)17(19,20)21/h7-9,11-12H,2-6,10H2,1H3. The van der Waals surface area contributed by atoms with Gasteiger partial charge < -0.3 is 4.18 Å². The van der Waals surface area contributed by atoms with Gasteiger partial charge in [0.25, 0.3) is 0 Å². The van der Waals surface area contributed by atoms with Gasteiger partial charge in [0.2, 0.25) is 0 Å². The van der Waals surface area contributed by atoms with Crippen LogP contribution in [0.1, 0.15) is 51.0 Å². The molecule has 2 rings (SSSR count). The molecular formula is C18H20F6O2S. The van der Waals surface area contributed by atoms with Gasteiger partial charge in [-0.05, 0) is 30.5 Å². The van der Waals surface area contributed by atoms with Crippen LogP contribution in [0.15, 0.2) is 34.1 Å². The van der Waals surface area contributed by atoms with Gasteiger partial charge in [-0.2, -0.15) is 26.3 Å². The maximum absolute atomic E-state index is 14.1. The minimum absolute atomic E-state index is 0.0711. The molecule has 0 spiro atoms. The highest BCUT2D eigenvalue weighted by Crippen LogP contribution is 2.78. The summed E-state index contributed by atoms with van der Waals surface area (Å²) in [5.74, 6) is -2.82. The smallest absolute Gasteiger partial charge is 0.392 e. The van der Waals surface area contributed by atoms with Gasteiger partial charge in [-0.1, -0.05) is 50.8 Å².